The van der Waals surface area contributed by atoms with Crippen molar-refractivity contribution in [1.82, 2.24) is 0 Å². The van der Waals surface area contributed by atoms with Gasteiger partial charge < -0.3 is 29.9 Å². The number of aliphatic hydroxyl groups is 4. The fraction of sp³-hybridized carbons (Fsp3) is 0.667. The first kappa shape index (κ1) is 15.6. The zero-order valence-corrected chi connectivity index (χ0v) is 12.5. The molecule has 1 saturated heterocycles. The molecule has 0 aromatic rings. The molecule has 0 amide bonds. The molecule has 0 aliphatic carbocycles. The minimum Gasteiger partial charge on any atom is -0.423 e. The van der Waals surface area contributed by atoms with Crippen molar-refractivity contribution >= 4 is 5.97 Å². The lowest BCUT2D eigenvalue weighted by Crippen LogP contribution is -2.54. The van der Waals surface area contributed by atoms with E-state index < -0.39 is 35.7 Å². The predicted molar refractivity (Wildman–Crippen MR) is 73.2 cm³/mol. The van der Waals surface area contributed by atoms with Crippen molar-refractivity contribution in [2.24, 2.45) is 0 Å². The average molecular weight is 312 g/mol. The highest BCUT2D eigenvalue weighted by atomic mass is 16.7. The molecule has 3 aliphatic rings. The number of esters is 1. The highest BCUT2D eigenvalue weighted by Crippen LogP contribution is 2.48. The van der Waals surface area contributed by atoms with E-state index >= 15 is 0 Å². The lowest BCUT2D eigenvalue weighted by Gasteiger charge is -2.39. The second-order valence-corrected chi connectivity index (χ2v) is 6.64. The summed E-state index contributed by atoms with van der Waals surface area (Å²) < 4.78 is 10.8. The van der Waals surface area contributed by atoms with Crippen LogP contribution in [0.5, 0.6) is 0 Å². The molecule has 3 rings (SSSR count). The second-order valence-electron chi connectivity index (χ2n) is 6.64. The van der Waals surface area contributed by atoms with Crippen molar-refractivity contribution < 1.29 is 34.7 Å². The minimum absolute atomic E-state index is 0.0390. The summed E-state index contributed by atoms with van der Waals surface area (Å²) in [4.78, 5) is 11.8. The van der Waals surface area contributed by atoms with Crippen LogP contribution in [0.15, 0.2) is 23.0 Å². The van der Waals surface area contributed by atoms with Crippen molar-refractivity contribution in [3.05, 3.63) is 23.0 Å². The molecule has 7 heteroatoms. The third-order valence-corrected chi connectivity index (χ3v) is 4.76. The normalized spacial score (nSPS) is 44.9. The van der Waals surface area contributed by atoms with Crippen LogP contribution in [0.3, 0.4) is 0 Å². The fourth-order valence-corrected chi connectivity index (χ4v) is 3.40. The quantitative estimate of drug-likeness (QED) is 0.482. The van der Waals surface area contributed by atoms with E-state index in [0.29, 0.717) is 6.42 Å². The molecule has 7 nitrogen and oxygen atoms in total. The molecule has 2 bridgehead atoms. The van der Waals surface area contributed by atoms with Gasteiger partial charge in [-0.3, -0.25) is 0 Å². The van der Waals surface area contributed by atoms with Crippen molar-refractivity contribution in [2.45, 2.75) is 56.2 Å². The molecule has 4 N–H and O–H groups in total. The predicted octanol–water partition coefficient (Wildman–Crippen LogP) is -0.511. The molecule has 1 fully saturated rings. The summed E-state index contributed by atoms with van der Waals surface area (Å²) >= 11 is 0. The van der Waals surface area contributed by atoms with Crippen LogP contribution in [0, 0.1) is 0 Å². The first-order valence-electron chi connectivity index (χ1n) is 7.23. The van der Waals surface area contributed by atoms with Gasteiger partial charge in [0.25, 0.3) is 0 Å². The highest BCUT2D eigenvalue weighted by molar-refractivity contribution is 5.95. The van der Waals surface area contributed by atoms with Crippen LogP contribution in [-0.2, 0) is 14.3 Å². The van der Waals surface area contributed by atoms with Crippen LogP contribution < -0.4 is 0 Å². The summed E-state index contributed by atoms with van der Waals surface area (Å²) in [7, 11) is 0. The molecular weight excluding hydrogens is 292 g/mol. The summed E-state index contributed by atoms with van der Waals surface area (Å²) in [6.07, 6.45) is 0.592. The number of rotatable bonds is 1. The maximum absolute atomic E-state index is 11.8. The standard InChI is InChI=1S/C15H20O7/c1-13-3-4-15(20,22-13)14(2,19)5-9(17)11-8(7-16)12(18)21-10(11)6-13/h6,9,16-17,19-20H,3-5,7H2,1-2H3/t9-,13-,14-,15+/m0/s1. The summed E-state index contributed by atoms with van der Waals surface area (Å²) in [6, 6.07) is 0. The number of fused-ring (bicyclic) bond motifs is 3. The van der Waals surface area contributed by atoms with E-state index in [1.165, 1.54) is 13.0 Å². The number of carbonyl (C=O) groups is 1. The van der Waals surface area contributed by atoms with E-state index in [4.69, 9.17) is 9.47 Å². The van der Waals surface area contributed by atoms with Gasteiger partial charge >= 0.3 is 5.97 Å². The second kappa shape index (κ2) is 4.62. The molecule has 0 radical (unpaired) electrons. The lowest BCUT2D eigenvalue weighted by atomic mass is 9.83. The molecule has 0 spiro atoms. The van der Waals surface area contributed by atoms with E-state index in [0.717, 1.165) is 0 Å². The lowest BCUT2D eigenvalue weighted by molar-refractivity contribution is -0.297. The van der Waals surface area contributed by atoms with Crippen molar-refractivity contribution in [3.8, 4) is 0 Å². The number of hydrogen-bond donors (Lipinski definition) is 4. The molecule has 0 saturated carbocycles. The molecule has 0 aromatic carbocycles. The Kier molecular flexibility index (Phi) is 3.29. The van der Waals surface area contributed by atoms with E-state index in [1.54, 1.807) is 6.92 Å². The molecule has 122 valence electrons. The zero-order valence-electron chi connectivity index (χ0n) is 12.5. The van der Waals surface area contributed by atoms with E-state index in [9.17, 15) is 25.2 Å². The van der Waals surface area contributed by atoms with E-state index in [1.807, 2.05) is 0 Å². The molecule has 0 unspecified atom stereocenters. The van der Waals surface area contributed by atoms with Crippen LogP contribution >= 0.6 is 0 Å². The average Bonchev–Trinajstić information content (AvgIpc) is 2.87. The number of aliphatic hydroxyl groups excluding tert-OH is 2. The molecule has 22 heavy (non-hydrogen) atoms. The van der Waals surface area contributed by atoms with Crippen LogP contribution in [0.2, 0.25) is 0 Å². The van der Waals surface area contributed by atoms with Gasteiger partial charge in [-0.25, -0.2) is 4.79 Å². The van der Waals surface area contributed by atoms with Crippen LogP contribution in [-0.4, -0.2) is 56.1 Å². The summed E-state index contributed by atoms with van der Waals surface area (Å²) in [6.45, 7) is 2.50. The Hall–Kier alpha value is -1.25. The number of ether oxygens (including phenoxy) is 2. The molecule has 0 aromatic heterocycles. The van der Waals surface area contributed by atoms with Gasteiger partial charge in [-0.05, 0) is 26.3 Å². The third-order valence-electron chi connectivity index (χ3n) is 4.76. The van der Waals surface area contributed by atoms with Gasteiger partial charge in [0.1, 0.15) is 11.4 Å². The van der Waals surface area contributed by atoms with Gasteiger partial charge in [0.2, 0.25) is 0 Å². The molecule has 3 heterocycles. The minimum atomic E-state index is -1.80. The van der Waals surface area contributed by atoms with Gasteiger partial charge in [0.05, 0.1) is 23.9 Å². The van der Waals surface area contributed by atoms with Gasteiger partial charge in [0.15, 0.2) is 5.79 Å². The fourth-order valence-electron chi connectivity index (χ4n) is 3.40. The topological polar surface area (TPSA) is 116 Å². The first-order chi connectivity index (χ1) is 10.1. The third kappa shape index (κ3) is 2.12. The highest BCUT2D eigenvalue weighted by Gasteiger charge is 2.57. The van der Waals surface area contributed by atoms with Crippen LogP contribution in [0.25, 0.3) is 0 Å². The molecule has 3 aliphatic heterocycles. The number of hydrogen-bond acceptors (Lipinski definition) is 7. The van der Waals surface area contributed by atoms with Crippen molar-refractivity contribution in [3.63, 3.8) is 0 Å². The SMILES string of the molecule is C[C@]1(O)C[C@H](O)C2=C(CO)C(=O)OC2=C[C@]2(C)CC[C@@]1(O)O2. The largest absolute Gasteiger partial charge is 0.423 e. The Morgan fingerprint density at radius 3 is 2.64 bits per heavy atom. The summed E-state index contributed by atoms with van der Waals surface area (Å²) in [5, 5.41) is 41.0. The van der Waals surface area contributed by atoms with Gasteiger partial charge in [-0.2, -0.15) is 0 Å². The summed E-state index contributed by atoms with van der Waals surface area (Å²) in [5.74, 6) is -2.41. The van der Waals surface area contributed by atoms with Gasteiger partial charge in [-0.1, -0.05) is 0 Å². The molecular formula is C15H20O7. The monoisotopic (exact) mass is 312 g/mol. The first-order valence-corrected chi connectivity index (χ1v) is 7.23. The van der Waals surface area contributed by atoms with Crippen molar-refractivity contribution in [1.29, 1.82) is 0 Å². The van der Waals surface area contributed by atoms with E-state index in [2.05, 4.69) is 0 Å². The van der Waals surface area contributed by atoms with Crippen molar-refractivity contribution in [2.75, 3.05) is 6.61 Å². The Morgan fingerprint density at radius 2 is 2.00 bits per heavy atom. The van der Waals surface area contributed by atoms with Crippen LogP contribution in [0.1, 0.15) is 33.1 Å². The van der Waals surface area contributed by atoms with Crippen LogP contribution in [0.4, 0.5) is 0 Å². The Bertz CT molecular complexity index is 591. The smallest absolute Gasteiger partial charge is 0.342 e. The zero-order chi connectivity index (χ0) is 16.3. The maximum atomic E-state index is 11.8. The van der Waals surface area contributed by atoms with Gasteiger partial charge in [-0.15, -0.1) is 0 Å². The Labute approximate surface area is 127 Å². The number of carbonyl (C=O) groups excluding carboxylic acids is 1. The Balaban J connectivity index is 2.17. The summed E-state index contributed by atoms with van der Waals surface area (Å²) in [5.41, 5.74) is -2.57. The maximum Gasteiger partial charge on any atom is 0.342 e. The molecule has 4 atom stereocenters. The van der Waals surface area contributed by atoms with Gasteiger partial charge in [0, 0.05) is 18.4 Å². The Morgan fingerprint density at radius 1 is 1.32 bits per heavy atom. The van der Waals surface area contributed by atoms with E-state index in [-0.39, 0.29) is 29.7 Å².